The lowest BCUT2D eigenvalue weighted by Gasteiger charge is -2.14. The van der Waals surface area contributed by atoms with Crippen LogP contribution in [0, 0.1) is 48.5 Å². The fraction of sp³-hybridized carbons (Fsp3) is 0.435. The number of hydrogen-bond donors (Lipinski definition) is 7. The Kier molecular flexibility index (Phi) is 32.4. The molecule has 1 aliphatic heterocycles. The van der Waals surface area contributed by atoms with Crippen molar-refractivity contribution in [1.29, 1.82) is 0 Å². The minimum absolute atomic E-state index is 0.0331. The van der Waals surface area contributed by atoms with Crippen LogP contribution in [0.5, 0.6) is 0 Å². The standard InChI is InChI=1S/C11H16N2O.C11H9NO2.C9H14N2O2.C9H13NO3S.C8H12N2O.2C7H10N2O/c1-9-7-12-11(13-8-9)5-4-10-3-2-6-14-10;1-7-2-3-8-4-5-9(11(13)14)12-10(8)6-7;1-7-4-10-9(11-5-7)3-2-8(13)6-12;1-8-5-9(7-10-6-8)14(12,13)4-2-3-11;1-6-4-9-7(10-5-6)8(2,3)11;1-5-3-8-7(6(2)10)9-4-5;1-6-4-8-7(2-3-10)9-5-6/h7-8,10H,2-6H2,1H3;2-6H,1H3,(H,13,14);4-5,8,12-13H,2-3,6H2,1H3;5-7,11H,2-4H2,1H3;4-5,11H,1-3H3;3-4,6,10H,1-2H3;4-5,10H,2-3H2,1H3. The van der Waals surface area contributed by atoms with Gasteiger partial charge in [0.1, 0.15) is 34.9 Å². The van der Waals surface area contributed by atoms with E-state index >= 15 is 0 Å². The number of benzene rings is 1. The van der Waals surface area contributed by atoms with Crippen LogP contribution in [-0.4, -0.2) is 154 Å². The normalized spacial score (nSPS) is 13.1. The van der Waals surface area contributed by atoms with Gasteiger partial charge in [-0.2, -0.15) is 0 Å². The average Bonchev–Trinajstić information content (AvgIpc) is 3.84. The molecule has 1 saturated heterocycles. The van der Waals surface area contributed by atoms with Crippen LogP contribution in [0.25, 0.3) is 10.9 Å². The van der Waals surface area contributed by atoms with Gasteiger partial charge in [0.25, 0.3) is 0 Å². The van der Waals surface area contributed by atoms with Crippen molar-refractivity contribution in [2.75, 3.05) is 32.2 Å². The van der Waals surface area contributed by atoms with Crippen molar-refractivity contribution in [2.45, 2.75) is 149 Å². The summed E-state index contributed by atoms with van der Waals surface area (Å²) >= 11 is 0. The van der Waals surface area contributed by atoms with Crippen LogP contribution in [-0.2, 0) is 39.4 Å². The van der Waals surface area contributed by atoms with Crippen molar-refractivity contribution in [3.8, 4) is 0 Å². The molecule has 23 nitrogen and oxygen atoms in total. The highest BCUT2D eigenvalue weighted by atomic mass is 32.2. The lowest BCUT2D eigenvalue weighted by Crippen LogP contribution is -2.19. The highest BCUT2D eigenvalue weighted by Gasteiger charge is 2.19. The number of fused-ring (bicyclic) bond motifs is 1. The van der Waals surface area contributed by atoms with Gasteiger partial charge in [0, 0.05) is 112 Å². The first-order chi connectivity index (χ1) is 40.8. The lowest BCUT2D eigenvalue weighted by atomic mass is 10.1. The topological polar surface area (TPSA) is 357 Å². The molecule has 0 amide bonds. The van der Waals surface area contributed by atoms with Gasteiger partial charge >= 0.3 is 5.97 Å². The van der Waals surface area contributed by atoms with E-state index in [9.17, 15) is 18.3 Å². The van der Waals surface area contributed by atoms with E-state index < -0.39 is 33.6 Å². The number of pyridine rings is 2. The monoisotopic (exact) mass is 1200 g/mol. The number of hydrogen-bond acceptors (Lipinski definition) is 22. The second-order valence-corrected chi connectivity index (χ2v) is 22.9. The first-order valence-electron chi connectivity index (χ1n) is 28.0. The molecule has 0 spiro atoms. The van der Waals surface area contributed by atoms with E-state index in [0.29, 0.717) is 48.7 Å². The third-order valence-electron chi connectivity index (χ3n) is 11.8. The summed E-state index contributed by atoms with van der Waals surface area (Å²) in [6.45, 7) is 19.1. The third-order valence-corrected chi connectivity index (χ3v) is 13.6. The molecule has 7 N–H and O–H groups in total. The zero-order valence-corrected chi connectivity index (χ0v) is 51.7. The molecule has 9 rings (SSSR count). The molecule has 0 bridgehead atoms. The van der Waals surface area contributed by atoms with Gasteiger partial charge in [-0.15, -0.1) is 0 Å². The molecule has 24 heteroatoms. The van der Waals surface area contributed by atoms with Crippen LogP contribution in [0.1, 0.15) is 138 Å². The summed E-state index contributed by atoms with van der Waals surface area (Å²) in [5.74, 6) is 2.26. The number of carbonyl (C=O) groups is 1. The number of aromatic nitrogens is 12. The van der Waals surface area contributed by atoms with Crippen molar-refractivity contribution < 1.29 is 53.7 Å². The van der Waals surface area contributed by atoms with Gasteiger partial charge in [0.2, 0.25) is 0 Å². The second kappa shape index (κ2) is 38.4. The van der Waals surface area contributed by atoms with Gasteiger partial charge in [-0.25, -0.2) is 68.0 Å². The van der Waals surface area contributed by atoms with E-state index in [1.54, 1.807) is 95.6 Å². The summed E-state index contributed by atoms with van der Waals surface area (Å²) in [7, 11) is -3.27. The Bertz CT molecular complexity index is 3300. The molecule has 7 aromatic heterocycles. The molecule has 0 aliphatic carbocycles. The van der Waals surface area contributed by atoms with E-state index in [-0.39, 0.29) is 42.6 Å². The number of aromatic carboxylic acids is 1. The predicted molar refractivity (Wildman–Crippen MR) is 325 cm³/mol. The van der Waals surface area contributed by atoms with Crippen LogP contribution in [0.3, 0.4) is 0 Å². The molecule has 8 heterocycles. The number of aliphatic hydroxyl groups is 6. The number of carboxylic acids is 1. The molecule has 3 atom stereocenters. The van der Waals surface area contributed by atoms with E-state index in [0.717, 1.165) is 75.1 Å². The molecular formula is C62H84N12O11S. The number of aliphatic hydroxyl groups excluding tert-OH is 5. The molecule has 0 radical (unpaired) electrons. The maximum Gasteiger partial charge on any atom is 0.354 e. The van der Waals surface area contributed by atoms with Gasteiger partial charge in [-0.1, -0.05) is 18.2 Å². The van der Waals surface area contributed by atoms with Gasteiger partial charge in [-0.05, 0) is 158 Å². The number of sulfone groups is 1. The second-order valence-electron chi connectivity index (χ2n) is 20.8. The van der Waals surface area contributed by atoms with E-state index in [1.165, 1.54) is 25.1 Å². The van der Waals surface area contributed by atoms with E-state index in [2.05, 4.69) is 59.8 Å². The van der Waals surface area contributed by atoms with Crippen LogP contribution < -0.4 is 0 Å². The van der Waals surface area contributed by atoms with E-state index in [1.807, 2.05) is 72.1 Å². The minimum Gasteiger partial charge on any atom is -0.477 e. The maximum absolute atomic E-state index is 11.6. The number of rotatable bonds is 16. The Balaban J connectivity index is 0.000000264. The number of aryl methyl sites for hydroxylation is 9. The van der Waals surface area contributed by atoms with Crippen LogP contribution in [0.4, 0.5) is 0 Å². The van der Waals surface area contributed by atoms with Crippen molar-refractivity contribution in [1.82, 2.24) is 59.8 Å². The Morgan fingerprint density at radius 1 is 0.628 bits per heavy atom. The van der Waals surface area contributed by atoms with Crippen LogP contribution in [0.2, 0.25) is 0 Å². The lowest BCUT2D eigenvalue weighted by molar-refractivity contribution is 0.0681. The van der Waals surface area contributed by atoms with Gasteiger partial charge in [0.05, 0.1) is 41.6 Å². The summed E-state index contributed by atoms with van der Waals surface area (Å²) in [6.07, 6.45) is 25.9. The Labute approximate surface area is 504 Å². The summed E-state index contributed by atoms with van der Waals surface area (Å²) in [4.78, 5) is 59.3. The summed E-state index contributed by atoms with van der Waals surface area (Å²) in [6, 6.07) is 10.7. The van der Waals surface area contributed by atoms with Crippen molar-refractivity contribution in [3.05, 3.63) is 185 Å². The third kappa shape index (κ3) is 29.4. The van der Waals surface area contributed by atoms with Gasteiger partial charge in [-0.3, -0.25) is 4.98 Å². The first kappa shape index (κ1) is 72.6. The number of nitrogens with zero attached hydrogens (tertiary/aromatic N) is 12. The average molecular weight is 1210 g/mol. The van der Waals surface area contributed by atoms with Crippen LogP contribution >= 0.6 is 0 Å². The molecule has 1 fully saturated rings. The highest BCUT2D eigenvalue weighted by molar-refractivity contribution is 7.91. The van der Waals surface area contributed by atoms with Crippen molar-refractivity contribution in [3.63, 3.8) is 0 Å². The molecule has 8 aromatic rings. The number of carboxylic acid groups (broad SMARTS) is 1. The summed E-state index contributed by atoms with van der Waals surface area (Å²) in [5.41, 5.74) is 6.95. The van der Waals surface area contributed by atoms with E-state index in [4.69, 9.17) is 35.4 Å². The van der Waals surface area contributed by atoms with Crippen LogP contribution in [0.15, 0.2) is 116 Å². The van der Waals surface area contributed by atoms with Crippen molar-refractivity contribution in [2.24, 2.45) is 0 Å². The fourth-order valence-corrected chi connectivity index (χ4v) is 8.37. The Hall–Kier alpha value is -7.68. The molecule has 0 saturated carbocycles. The fourth-order valence-electron chi connectivity index (χ4n) is 7.04. The van der Waals surface area contributed by atoms with Gasteiger partial charge in [0.15, 0.2) is 21.5 Å². The smallest absolute Gasteiger partial charge is 0.354 e. The number of ether oxygens (including phenoxy) is 1. The zero-order chi connectivity index (χ0) is 63.7. The molecular weight excluding hydrogens is 1120 g/mol. The molecule has 1 aliphatic rings. The molecule has 464 valence electrons. The molecule has 1 aromatic carbocycles. The summed E-state index contributed by atoms with van der Waals surface area (Å²) < 4.78 is 28.7. The Morgan fingerprint density at radius 3 is 1.58 bits per heavy atom. The van der Waals surface area contributed by atoms with Gasteiger partial charge < -0.3 is 40.5 Å². The Morgan fingerprint density at radius 2 is 1.13 bits per heavy atom. The summed E-state index contributed by atoms with van der Waals surface area (Å²) in [5, 5.41) is 62.8. The molecule has 86 heavy (non-hydrogen) atoms. The quantitative estimate of drug-likeness (QED) is 0.0515. The largest absolute Gasteiger partial charge is 0.477 e. The SMILES string of the molecule is Cc1ccc2ccc(C(=O)O)nc2c1.Cc1cnc(C(C)(C)O)nc1.Cc1cnc(C(C)O)nc1.Cc1cnc(CCC(O)CO)nc1.Cc1cnc(CCC2CCCO2)nc1.Cc1cnc(CCO)nc1.Cc1cncc(S(=O)(=O)CCCO)c1. The minimum atomic E-state index is -3.27. The zero-order valence-electron chi connectivity index (χ0n) is 50.9. The predicted octanol–water partition coefficient (Wildman–Crippen LogP) is 6.93. The van der Waals surface area contributed by atoms with Crippen molar-refractivity contribution >= 4 is 26.7 Å². The first-order valence-corrected chi connectivity index (χ1v) is 29.7. The maximum atomic E-state index is 11.6. The highest BCUT2D eigenvalue weighted by Crippen LogP contribution is 2.18. The molecule has 3 unspecified atom stereocenters.